The van der Waals surface area contributed by atoms with Crippen molar-refractivity contribution in [3.05, 3.63) is 29.8 Å². The number of nitrogens with zero attached hydrogens (tertiary/aromatic N) is 1. The van der Waals surface area contributed by atoms with Gasteiger partial charge in [-0.1, -0.05) is 17.7 Å². The van der Waals surface area contributed by atoms with Gasteiger partial charge >= 0.3 is 0 Å². The van der Waals surface area contributed by atoms with Crippen molar-refractivity contribution in [3.63, 3.8) is 0 Å². The van der Waals surface area contributed by atoms with E-state index in [0.29, 0.717) is 19.1 Å². The van der Waals surface area contributed by atoms with Crippen molar-refractivity contribution in [1.82, 2.24) is 5.32 Å². The van der Waals surface area contributed by atoms with E-state index in [4.69, 9.17) is 0 Å². The molecule has 0 heterocycles. The third kappa shape index (κ3) is 4.02. The Hall–Kier alpha value is -1.06. The molecule has 0 bridgehead atoms. The van der Waals surface area contributed by atoms with Crippen molar-refractivity contribution in [2.45, 2.75) is 31.9 Å². The van der Waals surface area contributed by atoms with Crippen LogP contribution in [0.4, 0.5) is 5.69 Å². The summed E-state index contributed by atoms with van der Waals surface area (Å²) in [4.78, 5) is 2.10. The fourth-order valence-electron chi connectivity index (χ4n) is 1.88. The molecule has 1 saturated carbocycles. The molecule has 0 saturated heterocycles. The Morgan fingerprint density at radius 1 is 1.35 bits per heavy atom. The van der Waals surface area contributed by atoms with Gasteiger partial charge in [0.15, 0.2) is 0 Å². The first-order valence-electron chi connectivity index (χ1n) is 6.34. The van der Waals surface area contributed by atoms with Gasteiger partial charge in [0.1, 0.15) is 0 Å². The molecule has 2 rings (SSSR count). The summed E-state index contributed by atoms with van der Waals surface area (Å²) in [5, 5.41) is 13.3. The summed E-state index contributed by atoms with van der Waals surface area (Å²) in [6, 6.07) is 9.04. The fraction of sp³-hybridized carbons (Fsp3) is 0.571. The number of rotatable bonds is 6. The highest BCUT2D eigenvalue weighted by atomic mass is 16.3. The van der Waals surface area contributed by atoms with Crippen molar-refractivity contribution >= 4 is 5.69 Å². The van der Waals surface area contributed by atoms with Crippen molar-refractivity contribution in [2.75, 3.05) is 25.0 Å². The Bertz CT molecular complexity index is 346. The van der Waals surface area contributed by atoms with Crippen LogP contribution in [0, 0.1) is 6.92 Å². The molecular weight excluding hydrogens is 212 g/mol. The van der Waals surface area contributed by atoms with E-state index in [1.54, 1.807) is 0 Å². The molecule has 1 aromatic rings. The molecule has 0 radical (unpaired) electrons. The lowest BCUT2D eigenvalue weighted by Gasteiger charge is -2.23. The predicted octanol–water partition coefficient (Wildman–Crippen LogP) is 1.54. The topological polar surface area (TPSA) is 35.5 Å². The van der Waals surface area contributed by atoms with Gasteiger partial charge in [-0.3, -0.25) is 0 Å². The third-order valence-electron chi connectivity index (χ3n) is 3.18. The van der Waals surface area contributed by atoms with Crippen molar-refractivity contribution in [2.24, 2.45) is 0 Å². The van der Waals surface area contributed by atoms with Crippen molar-refractivity contribution in [3.8, 4) is 0 Å². The number of nitrogens with one attached hydrogen (secondary N) is 1. The maximum Gasteiger partial charge on any atom is 0.0839 e. The van der Waals surface area contributed by atoms with Gasteiger partial charge in [-0.05, 0) is 31.9 Å². The minimum Gasteiger partial charge on any atom is -0.390 e. The Morgan fingerprint density at radius 2 is 2.00 bits per heavy atom. The third-order valence-corrected chi connectivity index (χ3v) is 3.18. The Balaban J connectivity index is 1.78. The normalized spacial score (nSPS) is 16.9. The lowest BCUT2D eigenvalue weighted by atomic mass is 10.2. The van der Waals surface area contributed by atoms with Crippen LogP contribution in [0.25, 0.3) is 0 Å². The van der Waals surface area contributed by atoms with Crippen LogP contribution < -0.4 is 10.2 Å². The molecule has 94 valence electrons. The minimum absolute atomic E-state index is 0.304. The fourth-order valence-corrected chi connectivity index (χ4v) is 1.88. The molecule has 0 spiro atoms. The molecule has 1 aromatic carbocycles. The molecule has 1 unspecified atom stereocenters. The molecule has 0 amide bonds. The number of aliphatic hydroxyl groups excluding tert-OH is 1. The summed E-state index contributed by atoms with van der Waals surface area (Å²) < 4.78 is 0. The second-order valence-electron chi connectivity index (χ2n) is 5.05. The summed E-state index contributed by atoms with van der Waals surface area (Å²) in [5.74, 6) is 0. The van der Waals surface area contributed by atoms with Gasteiger partial charge in [-0.2, -0.15) is 0 Å². The Morgan fingerprint density at radius 3 is 2.59 bits per heavy atom. The monoisotopic (exact) mass is 234 g/mol. The number of aryl methyl sites for hydroxylation is 1. The molecule has 1 fully saturated rings. The lowest BCUT2D eigenvalue weighted by molar-refractivity contribution is 0.177. The van der Waals surface area contributed by atoms with E-state index in [-0.39, 0.29) is 6.10 Å². The lowest BCUT2D eigenvalue weighted by Crippen LogP contribution is -2.37. The van der Waals surface area contributed by atoms with E-state index in [0.717, 1.165) is 5.69 Å². The zero-order valence-electron chi connectivity index (χ0n) is 10.7. The summed E-state index contributed by atoms with van der Waals surface area (Å²) in [7, 11) is 2.02. The van der Waals surface area contributed by atoms with Gasteiger partial charge in [0, 0.05) is 31.9 Å². The number of hydrogen-bond acceptors (Lipinski definition) is 3. The van der Waals surface area contributed by atoms with Gasteiger partial charge < -0.3 is 15.3 Å². The van der Waals surface area contributed by atoms with E-state index in [2.05, 4.69) is 41.4 Å². The summed E-state index contributed by atoms with van der Waals surface area (Å²) in [6.45, 7) is 3.45. The summed E-state index contributed by atoms with van der Waals surface area (Å²) in [5.41, 5.74) is 2.42. The molecule has 2 N–H and O–H groups in total. The zero-order valence-corrected chi connectivity index (χ0v) is 10.7. The summed E-state index contributed by atoms with van der Waals surface area (Å²) in [6.07, 6.45) is 2.23. The Kier molecular flexibility index (Phi) is 4.02. The molecule has 1 atom stereocenters. The van der Waals surface area contributed by atoms with Crippen LogP contribution in [0.2, 0.25) is 0 Å². The van der Waals surface area contributed by atoms with Crippen LogP contribution in [0.3, 0.4) is 0 Å². The van der Waals surface area contributed by atoms with Crippen LogP contribution >= 0.6 is 0 Å². The van der Waals surface area contributed by atoms with E-state index in [1.165, 1.54) is 18.4 Å². The first kappa shape index (κ1) is 12.4. The van der Waals surface area contributed by atoms with Crippen molar-refractivity contribution in [1.29, 1.82) is 0 Å². The standard InChI is InChI=1S/C14H22N2O/c1-11-3-7-13(8-4-11)16(2)10-14(17)9-15-12-5-6-12/h3-4,7-8,12,14-15,17H,5-6,9-10H2,1-2H3. The maximum atomic E-state index is 9.91. The second kappa shape index (κ2) is 5.52. The van der Waals surface area contributed by atoms with Crippen LogP contribution in [0.15, 0.2) is 24.3 Å². The van der Waals surface area contributed by atoms with Gasteiger partial charge in [0.2, 0.25) is 0 Å². The van der Waals surface area contributed by atoms with Gasteiger partial charge in [-0.15, -0.1) is 0 Å². The number of benzene rings is 1. The number of hydrogen-bond donors (Lipinski definition) is 2. The Labute approximate surface area is 103 Å². The quantitative estimate of drug-likeness (QED) is 0.784. The first-order chi connectivity index (χ1) is 8.15. The van der Waals surface area contributed by atoms with Crippen LogP contribution in [0.1, 0.15) is 18.4 Å². The SMILES string of the molecule is Cc1ccc(N(C)CC(O)CNC2CC2)cc1. The highest BCUT2D eigenvalue weighted by molar-refractivity contribution is 5.46. The molecule has 0 aromatic heterocycles. The molecule has 1 aliphatic carbocycles. The van der Waals surface area contributed by atoms with E-state index in [9.17, 15) is 5.11 Å². The van der Waals surface area contributed by atoms with E-state index in [1.807, 2.05) is 7.05 Å². The van der Waals surface area contributed by atoms with Gasteiger partial charge in [0.05, 0.1) is 6.10 Å². The van der Waals surface area contributed by atoms with Gasteiger partial charge in [0.25, 0.3) is 0 Å². The molecule has 0 aliphatic heterocycles. The number of aliphatic hydroxyl groups is 1. The number of likely N-dealkylation sites (N-methyl/N-ethyl adjacent to an activating group) is 1. The number of anilines is 1. The average Bonchev–Trinajstić information content (AvgIpc) is 3.11. The minimum atomic E-state index is -0.304. The molecule has 3 heteroatoms. The van der Waals surface area contributed by atoms with E-state index < -0.39 is 0 Å². The largest absolute Gasteiger partial charge is 0.390 e. The predicted molar refractivity (Wildman–Crippen MR) is 71.5 cm³/mol. The molecule has 17 heavy (non-hydrogen) atoms. The van der Waals surface area contributed by atoms with Crippen molar-refractivity contribution < 1.29 is 5.11 Å². The average molecular weight is 234 g/mol. The first-order valence-corrected chi connectivity index (χ1v) is 6.34. The molecule has 1 aliphatic rings. The second-order valence-corrected chi connectivity index (χ2v) is 5.05. The van der Waals surface area contributed by atoms with Crippen LogP contribution in [-0.4, -0.2) is 37.4 Å². The highest BCUT2D eigenvalue weighted by Gasteiger charge is 2.21. The highest BCUT2D eigenvalue weighted by Crippen LogP contribution is 2.18. The zero-order chi connectivity index (χ0) is 12.3. The van der Waals surface area contributed by atoms with E-state index >= 15 is 0 Å². The molecular formula is C14H22N2O. The summed E-state index contributed by atoms with van der Waals surface area (Å²) >= 11 is 0. The molecule has 3 nitrogen and oxygen atoms in total. The maximum absolute atomic E-state index is 9.91. The van der Waals surface area contributed by atoms with Gasteiger partial charge in [-0.25, -0.2) is 0 Å². The van der Waals surface area contributed by atoms with Crippen LogP contribution in [-0.2, 0) is 0 Å². The smallest absolute Gasteiger partial charge is 0.0839 e. The van der Waals surface area contributed by atoms with Crippen LogP contribution in [0.5, 0.6) is 0 Å².